The molecule has 1 aromatic carbocycles. The van der Waals surface area contributed by atoms with Gasteiger partial charge in [0.15, 0.2) is 0 Å². The average molecular weight is 341 g/mol. The first-order valence-electron chi connectivity index (χ1n) is 7.06. The van der Waals surface area contributed by atoms with Gasteiger partial charge in [0.1, 0.15) is 17.8 Å². The molecule has 0 N–H and O–H groups in total. The maximum Gasteiger partial charge on any atom is 0.297 e. The lowest BCUT2D eigenvalue weighted by Gasteiger charge is -2.20. The van der Waals surface area contributed by atoms with Gasteiger partial charge in [0.25, 0.3) is 10.1 Å². The van der Waals surface area contributed by atoms with E-state index in [1.807, 2.05) is 6.92 Å². The van der Waals surface area contributed by atoms with Crippen molar-refractivity contribution in [2.24, 2.45) is 5.10 Å². The largest absolute Gasteiger partial charge is 0.317 e. The maximum absolute atomic E-state index is 14.0. The second-order valence-electron chi connectivity index (χ2n) is 5.35. The third-order valence-corrected chi connectivity index (χ3v) is 4.82. The number of amidine groups is 1. The number of hydrazone groups is 1. The molecule has 0 fully saturated rings. The minimum atomic E-state index is -3.97. The van der Waals surface area contributed by atoms with E-state index in [4.69, 9.17) is 4.18 Å². The molecule has 0 unspecified atom stereocenters. The van der Waals surface area contributed by atoms with Crippen LogP contribution in [0, 0.1) is 6.92 Å². The Hall–Kier alpha value is -1.93. The van der Waals surface area contributed by atoms with Crippen molar-refractivity contribution in [2.75, 3.05) is 20.2 Å². The van der Waals surface area contributed by atoms with E-state index in [2.05, 4.69) is 11.7 Å². The summed E-state index contributed by atoms with van der Waals surface area (Å²) in [7, 11) is -2.20. The predicted molar refractivity (Wildman–Crippen MR) is 85.9 cm³/mol. The van der Waals surface area contributed by atoms with Crippen molar-refractivity contribution >= 4 is 16.0 Å². The molecule has 1 heterocycles. The summed E-state index contributed by atoms with van der Waals surface area (Å²) in [5, 5.41) is 5.52. The predicted octanol–water partition coefficient (Wildman–Crippen LogP) is 2.09. The van der Waals surface area contributed by atoms with Crippen LogP contribution < -0.4 is 0 Å². The fraction of sp³-hybridized carbons (Fsp3) is 0.400. The zero-order chi connectivity index (χ0) is 17.2. The first-order chi connectivity index (χ1) is 10.7. The molecule has 0 aliphatic carbocycles. The molecule has 0 spiro atoms. The fourth-order valence-corrected chi connectivity index (χ4v) is 2.91. The Morgan fingerprint density at radius 1 is 1.30 bits per heavy atom. The average Bonchev–Trinajstić information content (AvgIpc) is 2.73. The number of hydrogen-bond donors (Lipinski definition) is 0. The van der Waals surface area contributed by atoms with E-state index >= 15 is 0 Å². The number of hydrogen-bond acceptors (Lipinski definition) is 6. The minimum Gasteiger partial charge on any atom is -0.317 e. The van der Waals surface area contributed by atoms with Crippen LogP contribution in [0.2, 0.25) is 0 Å². The van der Waals surface area contributed by atoms with Crippen molar-refractivity contribution in [3.8, 4) is 0 Å². The number of benzene rings is 1. The van der Waals surface area contributed by atoms with Crippen molar-refractivity contribution in [1.29, 1.82) is 0 Å². The highest BCUT2D eigenvalue weighted by molar-refractivity contribution is 7.86. The van der Waals surface area contributed by atoms with Crippen LogP contribution in [0.15, 0.2) is 46.7 Å². The summed E-state index contributed by atoms with van der Waals surface area (Å²) in [5.74, 6) is 1.22. The molecule has 8 heteroatoms. The molecule has 0 bridgehead atoms. The summed E-state index contributed by atoms with van der Waals surface area (Å²) in [6, 6.07) is 6.18. The molecular weight excluding hydrogens is 321 g/mol. The first-order valence-corrected chi connectivity index (χ1v) is 8.47. The van der Waals surface area contributed by atoms with Gasteiger partial charge in [0, 0.05) is 7.05 Å². The molecule has 0 amide bonds. The highest BCUT2D eigenvalue weighted by Crippen LogP contribution is 2.18. The monoisotopic (exact) mass is 341 g/mol. The Kier molecular flexibility index (Phi) is 5.06. The van der Waals surface area contributed by atoms with E-state index in [-0.39, 0.29) is 11.4 Å². The third kappa shape index (κ3) is 4.08. The number of nitrogens with zero attached hydrogens (tertiary/aromatic N) is 3. The number of alkyl halides is 1. The van der Waals surface area contributed by atoms with E-state index in [0.717, 1.165) is 5.56 Å². The molecule has 0 radical (unpaired) electrons. The normalized spacial score (nSPS) is 16.7. The van der Waals surface area contributed by atoms with Crippen molar-refractivity contribution in [2.45, 2.75) is 24.9 Å². The van der Waals surface area contributed by atoms with Crippen molar-refractivity contribution in [1.82, 2.24) is 9.91 Å². The lowest BCUT2D eigenvalue weighted by atomic mass is 10.2. The summed E-state index contributed by atoms with van der Waals surface area (Å²) >= 11 is 0. The third-order valence-electron chi connectivity index (χ3n) is 3.52. The van der Waals surface area contributed by atoms with Gasteiger partial charge in [-0.05, 0) is 26.0 Å². The maximum atomic E-state index is 14.0. The van der Waals surface area contributed by atoms with Gasteiger partial charge in [0.2, 0.25) is 0 Å². The molecule has 23 heavy (non-hydrogen) atoms. The molecule has 0 saturated carbocycles. The number of rotatable bonds is 6. The SMILES string of the molecule is C=C1N(C[C@H](F)COS(=O)(=O)c2ccc(C)cc2)N=C(C)N1C. The standard InChI is InChI=1S/C15H20FN3O3S/c1-11-5-7-15(8-6-11)23(20,21)22-10-14(16)9-19-13(3)18(4)12(2)17-19/h5-8,14H,3,9-10H2,1-2,4H3/t14-/m0/s1. The Labute approximate surface area is 136 Å². The van der Waals surface area contributed by atoms with E-state index in [9.17, 15) is 12.8 Å². The van der Waals surface area contributed by atoms with Gasteiger partial charge < -0.3 is 4.90 Å². The first kappa shape index (κ1) is 17.4. The molecule has 1 atom stereocenters. The summed E-state index contributed by atoms with van der Waals surface area (Å²) in [6.07, 6.45) is -1.52. The van der Waals surface area contributed by atoms with Gasteiger partial charge in [-0.25, -0.2) is 9.40 Å². The zero-order valence-electron chi connectivity index (χ0n) is 13.4. The van der Waals surface area contributed by atoms with E-state index in [0.29, 0.717) is 11.7 Å². The fourth-order valence-electron chi connectivity index (χ4n) is 1.98. The summed E-state index contributed by atoms with van der Waals surface area (Å²) < 4.78 is 42.8. The van der Waals surface area contributed by atoms with Gasteiger partial charge in [-0.3, -0.25) is 4.18 Å². The summed E-state index contributed by atoms with van der Waals surface area (Å²) in [4.78, 5) is 1.73. The van der Waals surface area contributed by atoms with Crippen molar-refractivity contribution < 1.29 is 17.0 Å². The second kappa shape index (κ2) is 6.67. The van der Waals surface area contributed by atoms with Gasteiger partial charge in [-0.15, -0.1) is 0 Å². The van der Waals surface area contributed by atoms with Gasteiger partial charge in [-0.2, -0.15) is 13.5 Å². The van der Waals surface area contributed by atoms with Crippen LogP contribution in [0.4, 0.5) is 4.39 Å². The minimum absolute atomic E-state index is 0.00878. The van der Waals surface area contributed by atoms with E-state index in [1.54, 1.807) is 31.0 Å². The molecule has 0 aromatic heterocycles. The lowest BCUT2D eigenvalue weighted by Crippen LogP contribution is -2.30. The second-order valence-corrected chi connectivity index (χ2v) is 6.97. The van der Waals surface area contributed by atoms with Crippen molar-refractivity contribution in [3.05, 3.63) is 42.2 Å². The van der Waals surface area contributed by atoms with Gasteiger partial charge in [0.05, 0.1) is 18.0 Å². The highest BCUT2D eigenvalue weighted by Gasteiger charge is 2.25. The Morgan fingerprint density at radius 3 is 2.43 bits per heavy atom. The molecule has 1 aliphatic heterocycles. The molecule has 0 saturated heterocycles. The Morgan fingerprint density at radius 2 is 1.91 bits per heavy atom. The van der Waals surface area contributed by atoms with Crippen LogP contribution in [0.3, 0.4) is 0 Å². The van der Waals surface area contributed by atoms with Crippen LogP contribution in [0.25, 0.3) is 0 Å². The van der Waals surface area contributed by atoms with Crippen LogP contribution in [-0.4, -0.2) is 50.5 Å². The molecule has 6 nitrogen and oxygen atoms in total. The van der Waals surface area contributed by atoms with Crippen LogP contribution in [0.5, 0.6) is 0 Å². The molecular formula is C15H20FN3O3S. The van der Waals surface area contributed by atoms with Gasteiger partial charge in [-0.1, -0.05) is 24.3 Å². The van der Waals surface area contributed by atoms with Crippen LogP contribution in [0.1, 0.15) is 12.5 Å². The molecule has 1 aromatic rings. The Balaban J connectivity index is 1.93. The Bertz CT molecular complexity index is 716. The van der Waals surface area contributed by atoms with E-state index < -0.39 is 22.9 Å². The lowest BCUT2D eigenvalue weighted by molar-refractivity contribution is 0.156. The van der Waals surface area contributed by atoms with Crippen molar-refractivity contribution in [3.63, 3.8) is 0 Å². The molecule has 126 valence electrons. The van der Waals surface area contributed by atoms with E-state index in [1.165, 1.54) is 17.1 Å². The zero-order valence-corrected chi connectivity index (χ0v) is 14.2. The number of halogens is 1. The number of aryl methyl sites for hydroxylation is 1. The summed E-state index contributed by atoms with van der Waals surface area (Å²) in [5.41, 5.74) is 0.928. The summed E-state index contributed by atoms with van der Waals surface area (Å²) in [6.45, 7) is 6.72. The highest BCUT2D eigenvalue weighted by atomic mass is 32.2. The topological polar surface area (TPSA) is 62.2 Å². The quantitative estimate of drug-likeness (QED) is 0.742. The van der Waals surface area contributed by atoms with Crippen LogP contribution in [-0.2, 0) is 14.3 Å². The van der Waals surface area contributed by atoms with Gasteiger partial charge >= 0.3 is 0 Å². The molecule has 1 aliphatic rings. The van der Waals surface area contributed by atoms with Crippen LogP contribution >= 0.6 is 0 Å². The smallest absolute Gasteiger partial charge is 0.297 e. The molecule has 2 rings (SSSR count).